The number of aryl methyl sites for hydroxylation is 1. The third kappa shape index (κ3) is 4.96. The highest BCUT2D eigenvalue weighted by molar-refractivity contribution is 5.75. The average molecular weight is 393 g/mol. The van der Waals surface area contributed by atoms with Crippen LogP contribution in [-0.2, 0) is 13.6 Å². The van der Waals surface area contributed by atoms with Gasteiger partial charge in [0.25, 0.3) is 0 Å². The highest BCUT2D eigenvalue weighted by Crippen LogP contribution is 2.34. The van der Waals surface area contributed by atoms with E-state index in [0.29, 0.717) is 25.5 Å². The summed E-state index contributed by atoms with van der Waals surface area (Å²) in [6.45, 7) is 5.64. The zero-order valence-corrected chi connectivity index (χ0v) is 17.3. The van der Waals surface area contributed by atoms with Gasteiger partial charge in [-0.15, -0.1) is 0 Å². The molecule has 6 heteroatoms. The molecule has 0 unspecified atom stereocenters. The molecule has 0 aliphatic carbocycles. The second-order valence-corrected chi connectivity index (χ2v) is 6.79. The Labute approximate surface area is 172 Å². The first-order valence-corrected chi connectivity index (χ1v) is 10.0. The Bertz CT molecular complexity index is 923. The second-order valence-electron chi connectivity index (χ2n) is 6.79. The van der Waals surface area contributed by atoms with Gasteiger partial charge in [-0.2, -0.15) is 5.10 Å². The van der Waals surface area contributed by atoms with Gasteiger partial charge in [-0.05, 0) is 25.5 Å². The van der Waals surface area contributed by atoms with Crippen molar-refractivity contribution in [3.05, 3.63) is 66.2 Å². The van der Waals surface area contributed by atoms with Crippen molar-refractivity contribution < 1.29 is 9.53 Å². The number of urea groups is 1. The molecule has 0 radical (unpaired) electrons. The first-order chi connectivity index (χ1) is 14.1. The fraction of sp³-hybridized carbons (Fsp3) is 0.304. The van der Waals surface area contributed by atoms with Crippen LogP contribution in [0.15, 0.2) is 60.7 Å². The maximum atomic E-state index is 12.6. The molecular formula is C23H28N4O2. The molecule has 0 saturated heterocycles. The standard InChI is InChI=1S/C23H28N4O2/c1-4-16-27(23(28)24-5-2)17-20-21(18-12-8-6-9-13-18)25-26(3)22(20)29-19-14-10-7-11-15-19/h6-15H,4-5,16-17H2,1-3H3,(H,24,28). The molecule has 29 heavy (non-hydrogen) atoms. The number of carbonyl (C=O) groups is 1. The van der Waals surface area contributed by atoms with Crippen LogP contribution in [0.5, 0.6) is 11.6 Å². The molecule has 2 amide bonds. The van der Waals surface area contributed by atoms with Crippen molar-refractivity contribution in [1.82, 2.24) is 20.0 Å². The van der Waals surface area contributed by atoms with E-state index in [1.807, 2.05) is 79.5 Å². The molecule has 0 aliphatic heterocycles. The van der Waals surface area contributed by atoms with Crippen LogP contribution in [0.4, 0.5) is 4.79 Å². The van der Waals surface area contributed by atoms with E-state index in [-0.39, 0.29) is 6.03 Å². The zero-order valence-electron chi connectivity index (χ0n) is 17.3. The van der Waals surface area contributed by atoms with Crippen LogP contribution >= 0.6 is 0 Å². The number of ether oxygens (including phenoxy) is 1. The van der Waals surface area contributed by atoms with Crippen molar-refractivity contribution in [2.45, 2.75) is 26.8 Å². The predicted octanol–water partition coefficient (Wildman–Crippen LogP) is 4.82. The van der Waals surface area contributed by atoms with Gasteiger partial charge in [0.2, 0.25) is 5.88 Å². The minimum absolute atomic E-state index is 0.0807. The lowest BCUT2D eigenvalue weighted by atomic mass is 10.1. The fourth-order valence-corrected chi connectivity index (χ4v) is 3.23. The molecule has 3 rings (SSSR count). The number of amides is 2. The van der Waals surface area contributed by atoms with E-state index in [0.717, 1.165) is 29.0 Å². The number of nitrogens with one attached hydrogen (secondary N) is 1. The summed E-state index contributed by atoms with van der Waals surface area (Å²) in [7, 11) is 1.87. The largest absolute Gasteiger partial charge is 0.439 e. The maximum Gasteiger partial charge on any atom is 0.317 e. The molecule has 0 aliphatic rings. The number of aromatic nitrogens is 2. The Kier molecular flexibility index (Phi) is 6.89. The highest BCUT2D eigenvalue weighted by atomic mass is 16.5. The molecule has 2 aromatic carbocycles. The van der Waals surface area contributed by atoms with Gasteiger partial charge in [-0.1, -0.05) is 55.5 Å². The maximum absolute atomic E-state index is 12.6. The summed E-state index contributed by atoms with van der Waals surface area (Å²) >= 11 is 0. The third-order valence-electron chi connectivity index (χ3n) is 4.55. The Morgan fingerprint density at radius 3 is 2.34 bits per heavy atom. The molecule has 3 aromatic rings. The van der Waals surface area contributed by atoms with Crippen LogP contribution in [0.1, 0.15) is 25.8 Å². The third-order valence-corrected chi connectivity index (χ3v) is 4.55. The number of hydrogen-bond donors (Lipinski definition) is 1. The lowest BCUT2D eigenvalue weighted by Gasteiger charge is -2.23. The summed E-state index contributed by atoms with van der Waals surface area (Å²) in [5.74, 6) is 1.37. The minimum atomic E-state index is -0.0807. The van der Waals surface area contributed by atoms with Crippen LogP contribution in [-0.4, -0.2) is 33.8 Å². The van der Waals surface area contributed by atoms with Crippen molar-refractivity contribution in [3.8, 4) is 22.9 Å². The molecule has 0 atom stereocenters. The van der Waals surface area contributed by atoms with Crippen molar-refractivity contribution >= 4 is 6.03 Å². The first-order valence-electron chi connectivity index (χ1n) is 10.0. The number of benzene rings is 2. The first kappa shape index (κ1) is 20.5. The number of para-hydroxylation sites is 1. The van der Waals surface area contributed by atoms with E-state index < -0.39 is 0 Å². The SMILES string of the molecule is CCCN(Cc1c(-c2ccccc2)nn(C)c1Oc1ccccc1)C(=O)NCC. The topological polar surface area (TPSA) is 59.4 Å². The molecule has 152 valence electrons. The minimum Gasteiger partial charge on any atom is -0.439 e. The van der Waals surface area contributed by atoms with Gasteiger partial charge in [-0.25, -0.2) is 9.48 Å². The number of carbonyl (C=O) groups excluding carboxylic acids is 1. The second kappa shape index (κ2) is 9.78. The van der Waals surface area contributed by atoms with Crippen LogP contribution in [0.2, 0.25) is 0 Å². The molecule has 1 heterocycles. The highest BCUT2D eigenvalue weighted by Gasteiger charge is 2.24. The van der Waals surface area contributed by atoms with E-state index in [2.05, 4.69) is 12.2 Å². The van der Waals surface area contributed by atoms with Gasteiger partial charge < -0.3 is 15.0 Å². The van der Waals surface area contributed by atoms with Gasteiger partial charge in [-0.3, -0.25) is 0 Å². The average Bonchev–Trinajstić information content (AvgIpc) is 3.04. The van der Waals surface area contributed by atoms with Gasteiger partial charge in [0, 0.05) is 25.7 Å². The van der Waals surface area contributed by atoms with Crippen LogP contribution in [0.25, 0.3) is 11.3 Å². The van der Waals surface area contributed by atoms with Crippen molar-refractivity contribution in [3.63, 3.8) is 0 Å². The predicted molar refractivity (Wildman–Crippen MR) is 115 cm³/mol. The Morgan fingerprint density at radius 2 is 1.72 bits per heavy atom. The smallest absolute Gasteiger partial charge is 0.317 e. The summed E-state index contributed by atoms with van der Waals surface area (Å²) in [5.41, 5.74) is 2.71. The number of hydrogen-bond acceptors (Lipinski definition) is 3. The zero-order chi connectivity index (χ0) is 20.6. The Hall–Kier alpha value is -3.28. The van der Waals surface area contributed by atoms with E-state index in [1.165, 1.54) is 0 Å². The number of nitrogens with zero attached hydrogens (tertiary/aromatic N) is 3. The number of rotatable bonds is 8. The molecule has 6 nitrogen and oxygen atoms in total. The van der Waals surface area contributed by atoms with E-state index in [1.54, 1.807) is 4.68 Å². The molecule has 0 spiro atoms. The van der Waals surface area contributed by atoms with Crippen LogP contribution in [0, 0.1) is 0 Å². The van der Waals surface area contributed by atoms with Crippen molar-refractivity contribution in [2.24, 2.45) is 7.05 Å². The molecule has 0 fully saturated rings. The Morgan fingerprint density at radius 1 is 1.07 bits per heavy atom. The normalized spacial score (nSPS) is 10.6. The molecule has 0 bridgehead atoms. The van der Waals surface area contributed by atoms with E-state index in [4.69, 9.17) is 9.84 Å². The lowest BCUT2D eigenvalue weighted by molar-refractivity contribution is 0.195. The monoisotopic (exact) mass is 392 g/mol. The van der Waals surface area contributed by atoms with Crippen molar-refractivity contribution in [1.29, 1.82) is 0 Å². The lowest BCUT2D eigenvalue weighted by Crippen LogP contribution is -2.39. The van der Waals surface area contributed by atoms with Gasteiger partial charge >= 0.3 is 6.03 Å². The van der Waals surface area contributed by atoms with Gasteiger partial charge in [0.05, 0.1) is 12.1 Å². The Balaban J connectivity index is 2.04. The molecule has 1 aromatic heterocycles. The molecule has 0 saturated carbocycles. The molecular weight excluding hydrogens is 364 g/mol. The summed E-state index contributed by atoms with van der Waals surface area (Å²) < 4.78 is 7.95. The fourth-order valence-electron chi connectivity index (χ4n) is 3.23. The van der Waals surface area contributed by atoms with Gasteiger partial charge in [0.1, 0.15) is 11.4 Å². The quantitative estimate of drug-likeness (QED) is 0.598. The summed E-state index contributed by atoms with van der Waals surface area (Å²) in [4.78, 5) is 14.4. The van der Waals surface area contributed by atoms with Crippen molar-refractivity contribution in [2.75, 3.05) is 13.1 Å². The van der Waals surface area contributed by atoms with Crippen LogP contribution in [0.3, 0.4) is 0 Å². The molecule has 1 N–H and O–H groups in total. The van der Waals surface area contributed by atoms with Gasteiger partial charge in [0.15, 0.2) is 0 Å². The summed E-state index contributed by atoms with van der Waals surface area (Å²) in [5, 5.41) is 7.63. The summed E-state index contributed by atoms with van der Waals surface area (Å²) in [6.07, 6.45) is 0.868. The van der Waals surface area contributed by atoms with Crippen LogP contribution < -0.4 is 10.1 Å². The summed E-state index contributed by atoms with van der Waals surface area (Å²) in [6, 6.07) is 19.5. The van der Waals surface area contributed by atoms with E-state index in [9.17, 15) is 4.79 Å². The van der Waals surface area contributed by atoms with E-state index >= 15 is 0 Å².